The number of benzene rings is 2. The van der Waals surface area contributed by atoms with Crippen LogP contribution in [0.15, 0.2) is 53.5 Å². The van der Waals surface area contributed by atoms with E-state index < -0.39 is 0 Å². The van der Waals surface area contributed by atoms with Crippen molar-refractivity contribution >= 4 is 11.6 Å². The van der Waals surface area contributed by atoms with Gasteiger partial charge in [0.05, 0.1) is 18.7 Å². The van der Waals surface area contributed by atoms with Crippen LogP contribution in [0.1, 0.15) is 31.0 Å². The second-order valence-electron chi connectivity index (χ2n) is 6.93. The van der Waals surface area contributed by atoms with Gasteiger partial charge in [0.2, 0.25) is 0 Å². The van der Waals surface area contributed by atoms with E-state index in [1.165, 1.54) is 11.1 Å². The third kappa shape index (κ3) is 6.08. The van der Waals surface area contributed by atoms with Crippen molar-refractivity contribution < 1.29 is 4.74 Å². The molecule has 0 saturated heterocycles. The molecule has 0 amide bonds. The Morgan fingerprint density at radius 2 is 1.69 bits per heavy atom. The molecule has 0 aliphatic rings. The summed E-state index contributed by atoms with van der Waals surface area (Å²) in [7, 11) is 4.11. The van der Waals surface area contributed by atoms with Gasteiger partial charge in [-0.3, -0.25) is 4.99 Å². The average molecular weight is 354 g/mol. The average Bonchev–Trinajstić information content (AvgIpc) is 2.57. The molecule has 3 N–H and O–H groups in total. The SMILES string of the molecule is Cc1ccc(C(CN=C(N)Nc2ccc(OC(C)C)cc2)N(C)C)cc1. The lowest BCUT2D eigenvalue weighted by molar-refractivity contribution is 0.242. The lowest BCUT2D eigenvalue weighted by Gasteiger charge is -2.23. The van der Waals surface area contributed by atoms with E-state index in [9.17, 15) is 0 Å². The Morgan fingerprint density at radius 3 is 2.23 bits per heavy atom. The van der Waals surface area contributed by atoms with Crippen LogP contribution < -0.4 is 15.8 Å². The number of ether oxygens (including phenoxy) is 1. The molecule has 1 atom stereocenters. The number of likely N-dealkylation sites (N-methyl/N-ethyl adjacent to an activating group) is 1. The van der Waals surface area contributed by atoms with Crippen molar-refractivity contribution in [1.82, 2.24) is 4.90 Å². The topological polar surface area (TPSA) is 62.9 Å². The molecule has 26 heavy (non-hydrogen) atoms. The smallest absolute Gasteiger partial charge is 0.193 e. The van der Waals surface area contributed by atoms with E-state index in [2.05, 4.69) is 60.5 Å². The summed E-state index contributed by atoms with van der Waals surface area (Å²) >= 11 is 0. The van der Waals surface area contributed by atoms with Crippen LogP contribution in [-0.4, -0.2) is 37.6 Å². The Morgan fingerprint density at radius 1 is 1.08 bits per heavy atom. The summed E-state index contributed by atoms with van der Waals surface area (Å²) in [4.78, 5) is 6.67. The molecule has 0 saturated carbocycles. The highest BCUT2D eigenvalue weighted by molar-refractivity contribution is 5.92. The fourth-order valence-corrected chi connectivity index (χ4v) is 2.62. The van der Waals surface area contributed by atoms with Gasteiger partial charge in [-0.15, -0.1) is 0 Å². The molecular formula is C21H30N4O. The maximum absolute atomic E-state index is 6.06. The van der Waals surface area contributed by atoms with Crippen molar-refractivity contribution in [2.45, 2.75) is 32.9 Å². The lowest BCUT2D eigenvalue weighted by atomic mass is 10.0. The van der Waals surface area contributed by atoms with Crippen molar-refractivity contribution in [2.24, 2.45) is 10.7 Å². The highest BCUT2D eigenvalue weighted by Crippen LogP contribution is 2.20. The van der Waals surface area contributed by atoms with Gasteiger partial charge in [0.15, 0.2) is 5.96 Å². The number of aliphatic imine (C=N–C) groups is 1. The summed E-state index contributed by atoms with van der Waals surface area (Å²) in [6, 6.07) is 16.4. The highest BCUT2D eigenvalue weighted by atomic mass is 16.5. The van der Waals surface area contributed by atoms with E-state index in [-0.39, 0.29) is 12.1 Å². The van der Waals surface area contributed by atoms with E-state index in [4.69, 9.17) is 10.5 Å². The minimum atomic E-state index is 0.158. The van der Waals surface area contributed by atoms with Crippen molar-refractivity contribution in [3.63, 3.8) is 0 Å². The van der Waals surface area contributed by atoms with Crippen LogP contribution in [0.5, 0.6) is 5.75 Å². The molecular weight excluding hydrogens is 324 g/mol. The Bertz CT molecular complexity index is 706. The molecule has 0 aliphatic carbocycles. The third-order valence-electron chi connectivity index (χ3n) is 4.02. The molecule has 1 unspecified atom stereocenters. The summed E-state index contributed by atoms with van der Waals surface area (Å²) in [6.07, 6.45) is 0.158. The van der Waals surface area contributed by atoms with E-state index >= 15 is 0 Å². The molecule has 140 valence electrons. The number of nitrogens with two attached hydrogens (primary N) is 1. The van der Waals surface area contributed by atoms with Gasteiger partial charge in [-0.05, 0) is 64.7 Å². The molecule has 0 radical (unpaired) electrons. The number of guanidine groups is 1. The van der Waals surface area contributed by atoms with Crippen molar-refractivity contribution in [3.05, 3.63) is 59.7 Å². The summed E-state index contributed by atoms with van der Waals surface area (Å²) in [5, 5.41) is 3.13. The maximum Gasteiger partial charge on any atom is 0.193 e. The minimum absolute atomic E-state index is 0.158. The zero-order chi connectivity index (χ0) is 19.1. The molecule has 0 aromatic heterocycles. The summed E-state index contributed by atoms with van der Waals surface area (Å²) in [5.41, 5.74) is 9.43. The minimum Gasteiger partial charge on any atom is -0.491 e. The second-order valence-corrected chi connectivity index (χ2v) is 6.93. The Kier molecular flexibility index (Phi) is 7.04. The van der Waals surface area contributed by atoms with Crippen LogP contribution in [0, 0.1) is 6.92 Å². The Balaban J connectivity index is 2.00. The standard InChI is InChI=1S/C21H30N4O/c1-15(2)26-19-12-10-18(11-13-19)24-21(22)23-14-20(25(4)5)17-8-6-16(3)7-9-17/h6-13,15,20H,14H2,1-5H3,(H3,22,23,24). The normalized spacial score (nSPS) is 13.1. The molecule has 0 aliphatic heterocycles. The lowest BCUT2D eigenvalue weighted by Crippen LogP contribution is -2.27. The number of nitrogens with zero attached hydrogens (tertiary/aromatic N) is 2. The van der Waals surface area contributed by atoms with Gasteiger partial charge in [-0.2, -0.15) is 0 Å². The number of nitrogens with one attached hydrogen (secondary N) is 1. The van der Waals surface area contributed by atoms with Crippen LogP contribution >= 0.6 is 0 Å². The van der Waals surface area contributed by atoms with Gasteiger partial charge in [0, 0.05) is 5.69 Å². The fourth-order valence-electron chi connectivity index (χ4n) is 2.62. The first kappa shape index (κ1) is 19.8. The van der Waals surface area contributed by atoms with Crippen LogP contribution in [0.2, 0.25) is 0 Å². The number of rotatable bonds is 7. The zero-order valence-corrected chi connectivity index (χ0v) is 16.4. The zero-order valence-electron chi connectivity index (χ0n) is 16.4. The van der Waals surface area contributed by atoms with Gasteiger partial charge in [0.25, 0.3) is 0 Å². The Labute approximate surface area is 156 Å². The molecule has 2 rings (SSSR count). The predicted molar refractivity (Wildman–Crippen MR) is 110 cm³/mol. The van der Waals surface area contributed by atoms with E-state index in [0.29, 0.717) is 12.5 Å². The molecule has 5 nitrogen and oxygen atoms in total. The number of hydrogen-bond donors (Lipinski definition) is 2. The monoisotopic (exact) mass is 354 g/mol. The largest absolute Gasteiger partial charge is 0.491 e. The van der Waals surface area contributed by atoms with E-state index in [1.807, 2.05) is 38.1 Å². The summed E-state index contributed by atoms with van der Waals surface area (Å²) < 4.78 is 5.64. The molecule has 0 heterocycles. The summed E-state index contributed by atoms with van der Waals surface area (Å²) in [6.45, 7) is 6.69. The van der Waals surface area contributed by atoms with Crippen LogP contribution in [-0.2, 0) is 0 Å². The molecule has 2 aromatic carbocycles. The van der Waals surface area contributed by atoms with E-state index in [0.717, 1.165) is 11.4 Å². The maximum atomic E-state index is 6.06. The van der Waals surface area contributed by atoms with Crippen LogP contribution in [0.4, 0.5) is 5.69 Å². The first-order valence-corrected chi connectivity index (χ1v) is 8.92. The van der Waals surface area contributed by atoms with Crippen LogP contribution in [0.25, 0.3) is 0 Å². The third-order valence-corrected chi connectivity index (χ3v) is 4.02. The van der Waals surface area contributed by atoms with Crippen molar-refractivity contribution in [1.29, 1.82) is 0 Å². The number of anilines is 1. The number of aryl methyl sites for hydroxylation is 1. The number of hydrogen-bond acceptors (Lipinski definition) is 3. The van der Waals surface area contributed by atoms with Gasteiger partial charge < -0.3 is 20.7 Å². The van der Waals surface area contributed by atoms with Gasteiger partial charge in [-0.25, -0.2) is 0 Å². The van der Waals surface area contributed by atoms with E-state index in [1.54, 1.807) is 0 Å². The Hall–Kier alpha value is -2.53. The predicted octanol–water partition coefficient (Wildman–Crippen LogP) is 3.81. The molecule has 2 aromatic rings. The highest BCUT2D eigenvalue weighted by Gasteiger charge is 2.13. The second kappa shape index (κ2) is 9.25. The molecule has 0 bridgehead atoms. The first-order chi connectivity index (χ1) is 12.3. The van der Waals surface area contributed by atoms with Gasteiger partial charge in [-0.1, -0.05) is 29.8 Å². The quantitative estimate of drug-likeness (QED) is 0.586. The molecule has 5 heteroatoms. The summed E-state index contributed by atoms with van der Waals surface area (Å²) in [5.74, 6) is 1.24. The van der Waals surface area contributed by atoms with Crippen molar-refractivity contribution in [2.75, 3.05) is 26.0 Å². The van der Waals surface area contributed by atoms with Crippen molar-refractivity contribution in [3.8, 4) is 5.75 Å². The van der Waals surface area contributed by atoms with Crippen LogP contribution in [0.3, 0.4) is 0 Å². The molecule has 0 fully saturated rings. The van der Waals surface area contributed by atoms with Gasteiger partial charge >= 0.3 is 0 Å². The fraction of sp³-hybridized carbons (Fsp3) is 0.381. The first-order valence-electron chi connectivity index (χ1n) is 8.92. The molecule has 0 spiro atoms. The van der Waals surface area contributed by atoms with Gasteiger partial charge in [0.1, 0.15) is 5.75 Å².